The van der Waals surface area contributed by atoms with Gasteiger partial charge in [0, 0.05) is 6.20 Å². The summed E-state index contributed by atoms with van der Waals surface area (Å²) in [5.74, 6) is 2.12. The number of pyridine rings is 1. The maximum Gasteiger partial charge on any atom is 0.178 e. The molecule has 4 heteroatoms. The Morgan fingerprint density at radius 3 is 2.80 bits per heavy atom. The van der Waals surface area contributed by atoms with E-state index in [2.05, 4.69) is 28.8 Å². The zero-order valence-corrected chi connectivity index (χ0v) is 11.6. The molecular weight excluding hydrogens is 250 g/mol. The lowest BCUT2D eigenvalue weighted by Crippen LogP contribution is -2.05. The molecule has 0 bridgehead atoms. The van der Waals surface area contributed by atoms with E-state index in [-0.39, 0.29) is 0 Å². The van der Waals surface area contributed by atoms with Gasteiger partial charge in [-0.1, -0.05) is 26.0 Å². The third-order valence-electron chi connectivity index (χ3n) is 2.97. The van der Waals surface area contributed by atoms with Gasteiger partial charge in [0.2, 0.25) is 0 Å². The van der Waals surface area contributed by atoms with Crippen molar-refractivity contribution in [1.82, 2.24) is 15.0 Å². The summed E-state index contributed by atoms with van der Waals surface area (Å²) in [6.07, 6.45) is 1.74. The van der Waals surface area contributed by atoms with E-state index in [1.165, 1.54) is 0 Å². The average Bonchev–Trinajstić information content (AvgIpc) is 2.89. The average molecular weight is 267 g/mol. The Kier molecular flexibility index (Phi) is 3.37. The minimum atomic E-state index is 0.486. The fraction of sp³-hybridized carbons (Fsp3) is 0.250. The van der Waals surface area contributed by atoms with Crippen molar-refractivity contribution in [3.63, 3.8) is 0 Å². The highest BCUT2D eigenvalue weighted by atomic mass is 16.5. The van der Waals surface area contributed by atoms with Gasteiger partial charge in [0.1, 0.15) is 11.6 Å². The number of benzene rings is 1. The lowest BCUT2D eigenvalue weighted by molar-refractivity contribution is 0.272. The largest absolute Gasteiger partial charge is 0.493 e. The maximum atomic E-state index is 5.87. The van der Waals surface area contributed by atoms with Gasteiger partial charge in [0.15, 0.2) is 5.65 Å². The van der Waals surface area contributed by atoms with Crippen molar-refractivity contribution in [2.45, 2.75) is 13.8 Å². The molecule has 1 aromatic carbocycles. The van der Waals surface area contributed by atoms with Crippen molar-refractivity contribution in [3.8, 4) is 17.1 Å². The molecule has 0 fully saturated rings. The quantitative estimate of drug-likeness (QED) is 0.784. The number of aromatic nitrogens is 3. The molecular formula is C16H17N3O. The molecule has 0 saturated carbocycles. The zero-order valence-electron chi connectivity index (χ0n) is 11.6. The minimum absolute atomic E-state index is 0.486. The molecule has 2 heterocycles. The predicted octanol–water partition coefficient (Wildman–Crippen LogP) is 3.66. The number of para-hydroxylation sites is 1. The zero-order chi connectivity index (χ0) is 13.9. The number of nitrogens with zero attached hydrogens (tertiary/aromatic N) is 2. The van der Waals surface area contributed by atoms with Gasteiger partial charge in [0.05, 0.1) is 17.7 Å². The Bertz CT molecular complexity index is 685. The highest BCUT2D eigenvalue weighted by Crippen LogP contribution is 2.29. The number of hydrogen-bond acceptors (Lipinski definition) is 3. The SMILES string of the molecule is CC(C)COc1ccccc1-c1nc2ncccc2[nH]1. The van der Waals surface area contributed by atoms with Gasteiger partial charge < -0.3 is 9.72 Å². The van der Waals surface area contributed by atoms with Gasteiger partial charge in [0.25, 0.3) is 0 Å². The van der Waals surface area contributed by atoms with Crippen LogP contribution in [0.25, 0.3) is 22.6 Å². The smallest absolute Gasteiger partial charge is 0.178 e. The van der Waals surface area contributed by atoms with E-state index in [0.717, 1.165) is 28.3 Å². The first kappa shape index (κ1) is 12.7. The third kappa shape index (κ3) is 2.50. The molecule has 1 N–H and O–H groups in total. The molecule has 20 heavy (non-hydrogen) atoms. The normalized spacial score (nSPS) is 11.2. The summed E-state index contributed by atoms with van der Waals surface area (Å²) in [5, 5.41) is 0. The third-order valence-corrected chi connectivity index (χ3v) is 2.97. The van der Waals surface area contributed by atoms with Gasteiger partial charge in [-0.3, -0.25) is 0 Å². The van der Waals surface area contributed by atoms with Crippen molar-refractivity contribution in [3.05, 3.63) is 42.6 Å². The fourth-order valence-electron chi connectivity index (χ4n) is 2.02. The number of imidazole rings is 1. The summed E-state index contributed by atoms with van der Waals surface area (Å²) in [6, 6.07) is 11.8. The molecule has 0 atom stereocenters. The van der Waals surface area contributed by atoms with Gasteiger partial charge >= 0.3 is 0 Å². The molecule has 102 valence electrons. The van der Waals surface area contributed by atoms with Crippen LogP contribution in [0.4, 0.5) is 0 Å². The summed E-state index contributed by atoms with van der Waals surface area (Å²) < 4.78 is 5.87. The van der Waals surface area contributed by atoms with Crippen LogP contribution in [0.2, 0.25) is 0 Å². The van der Waals surface area contributed by atoms with E-state index >= 15 is 0 Å². The maximum absolute atomic E-state index is 5.87. The van der Waals surface area contributed by atoms with E-state index in [0.29, 0.717) is 12.5 Å². The highest BCUT2D eigenvalue weighted by Gasteiger charge is 2.11. The van der Waals surface area contributed by atoms with E-state index in [1.54, 1.807) is 6.20 Å². The van der Waals surface area contributed by atoms with Crippen LogP contribution >= 0.6 is 0 Å². The molecule has 3 rings (SSSR count). The second kappa shape index (κ2) is 5.33. The monoisotopic (exact) mass is 267 g/mol. The van der Waals surface area contributed by atoms with Crippen LogP contribution in [-0.2, 0) is 0 Å². The van der Waals surface area contributed by atoms with Crippen LogP contribution in [0.3, 0.4) is 0 Å². The lowest BCUT2D eigenvalue weighted by atomic mass is 10.2. The second-order valence-corrected chi connectivity index (χ2v) is 5.16. The molecule has 0 saturated heterocycles. The van der Waals surface area contributed by atoms with E-state index in [9.17, 15) is 0 Å². The van der Waals surface area contributed by atoms with Crippen molar-refractivity contribution in [2.75, 3.05) is 6.61 Å². The number of aromatic amines is 1. The van der Waals surface area contributed by atoms with E-state index < -0.39 is 0 Å². The molecule has 3 aromatic rings. The van der Waals surface area contributed by atoms with Gasteiger partial charge in [-0.05, 0) is 30.2 Å². The molecule has 0 radical (unpaired) electrons. The Balaban J connectivity index is 2.00. The first-order valence-electron chi connectivity index (χ1n) is 6.77. The molecule has 0 aliphatic heterocycles. The van der Waals surface area contributed by atoms with Gasteiger partial charge in [-0.25, -0.2) is 9.97 Å². The van der Waals surface area contributed by atoms with Crippen molar-refractivity contribution in [1.29, 1.82) is 0 Å². The molecule has 2 aromatic heterocycles. The predicted molar refractivity (Wildman–Crippen MR) is 79.7 cm³/mol. The van der Waals surface area contributed by atoms with Crippen LogP contribution in [-0.4, -0.2) is 21.6 Å². The first-order chi connectivity index (χ1) is 9.74. The topological polar surface area (TPSA) is 50.8 Å². The Labute approximate surface area is 117 Å². The number of H-pyrrole nitrogens is 1. The number of ether oxygens (including phenoxy) is 1. The second-order valence-electron chi connectivity index (χ2n) is 5.16. The molecule has 0 aliphatic rings. The first-order valence-corrected chi connectivity index (χ1v) is 6.77. The van der Waals surface area contributed by atoms with Crippen LogP contribution in [0.5, 0.6) is 5.75 Å². The molecule has 4 nitrogen and oxygen atoms in total. The molecule has 0 spiro atoms. The van der Waals surface area contributed by atoms with Crippen molar-refractivity contribution < 1.29 is 4.74 Å². The van der Waals surface area contributed by atoms with Gasteiger partial charge in [-0.2, -0.15) is 0 Å². The highest BCUT2D eigenvalue weighted by molar-refractivity contribution is 5.77. The molecule has 0 aliphatic carbocycles. The number of fused-ring (bicyclic) bond motifs is 1. The summed E-state index contributed by atoms with van der Waals surface area (Å²) in [4.78, 5) is 12.1. The van der Waals surface area contributed by atoms with Gasteiger partial charge in [-0.15, -0.1) is 0 Å². The lowest BCUT2D eigenvalue weighted by Gasteiger charge is -2.11. The van der Waals surface area contributed by atoms with E-state index in [1.807, 2.05) is 36.4 Å². The molecule has 0 amide bonds. The van der Waals surface area contributed by atoms with Crippen molar-refractivity contribution in [2.24, 2.45) is 5.92 Å². The Hall–Kier alpha value is -2.36. The van der Waals surface area contributed by atoms with Crippen LogP contribution in [0.1, 0.15) is 13.8 Å². The fourth-order valence-corrected chi connectivity index (χ4v) is 2.02. The standard InChI is InChI=1S/C16H17N3O/c1-11(2)10-20-14-8-4-3-6-12(14)15-18-13-7-5-9-17-16(13)19-15/h3-9,11H,10H2,1-2H3,(H,17,18,19). The van der Waals surface area contributed by atoms with E-state index in [4.69, 9.17) is 4.74 Å². The summed E-state index contributed by atoms with van der Waals surface area (Å²) in [5.41, 5.74) is 2.62. The summed E-state index contributed by atoms with van der Waals surface area (Å²) in [7, 11) is 0. The Morgan fingerprint density at radius 1 is 1.15 bits per heavy atom. The Morgan fingerprint density at radius 2 is 2.00 bits per heavy atom. The number of rotatable bonds is 4. The number of nitrogens with one attached hydrogen (secondary N) is 1. The van der Waals surface area contributed by atoms with Crippen LogP contribution in [0, 0.1) is 5.92 Å². The summed E-state index contributed by atoms with van der Waals surface area (Å²) in [6.45, 7) is 4.96. The number of hydrogen-bond donors (Lipinski definition) is 1. The summed E-state index contributed by atoms with van der Waals surface area (Å²) >= 11 is 0. The minimum Gasteiger partial charge on any atom is -0.493 e. The molecule has 0 unspecified atom stereocenters. The van der Waals surface area contributed by atoms with Crippen LogP contribution in [0.15, 0.2) is 42.6 Å². The van der Waals surface area contributed by atoms with Crippen LogP contribution < -0.4 is 4.74 Å². The van der Waals surface area contributed by atoms with Crippen molar-refractivity contribution >= 4 is 11.2 Å².